The highest BCUT2D eigenvalue weighted by atomic mass is 19.4. The van der Waals surface area contributed by atoms with Gasteiger partial charge in [0.25, 0.3) is 0 Å². The maximum atomic E-state index is 11.7. The minimum Gasteiger partial charge on any atom is -0.229 e. The van der Waals surface area contributed by atoms with Crippen LogP contribution in [0.25, 0.3) is 0 Å². The van der Waals surface area contributed by atoms with Gasteiger partial charge in [-0.05, 0) is 12.8 Å². The molecule has 0 saturated heterocycles. The summed E-state index contributed by atoms with van der Waals surface area (Å²) >= 11 is 0. The topological polar surface area (TPSA) is 19.9 Å². The van der Waals surface area contributed by atoms with E-state index in [0.717, 1.165) is 0 Å². The Bertz CT molecular complexity index is 115. The van der Waals surface area contributed by atoms with Crippen LogP contribution in [-0.4, -0.2) is 11.8 Å². The van der Waals surface area contributed by atoms with Crippen molar-refractivity contribution in [2.45, 2.75) is 44.9 Å². The fourth-order valence-corrected chi connectivity index (χ4v) is 0.865. The van der Waals surface area contributed by atoms with Gasteiger partial charge in [0.2, 0.25) is 0 Å². The predicted molar refractivity (Wildman–Crippen MR) is 34.7 cm³/mol. The van der Waals surface area contributed by atoms with E-state index >= 15 is 0 Å². The second kappa shape index (κ2) is 3.43. The number of hydrogen-bond acceptors (Lipinski definition) is 0. The summed E-state index contributed by atoms with van der Waals surface area (Å²) in [5.74, 6) is 0. The summed E-state index contributed by atoms with van der Waals surface area (Å²) in [5, 5.41) is 11.1. The van der Waals surface area contributed by atoms with Gasteiger partial charge < -0.3 is 0 Å². The average molecular weight is 169 g/mol. The first kappa shape index (κ1) is 10.8. The molecule has 0 aliphatic heterocycles. The van der Waals surface area contributed by atoms with Gasteiger partial charge in [-0.1, -0.05) is 13.8 Å². The van der Waals surface area contributed by atoms with Gasteiger partial charge in [-0.2, -0.15) is 13.2 Å². The quantitative estimate of drug-likeness (QED) is 0.619. The van der Waals surface area contributed by atoms with E-state index < -0.39 is 18.2 Å². The van der Waals surface area contributed by atoms with Gasteiger partial charge in [0.05, 0.1) is 6.42 Å². The minimum absolute atomic E-state index is 0.0308. The molecule has 0 fully saturated rings. The molecule has 0 spiro atoms. The van der Waals surface area contributed by atoms with Gasteiger partial charge in [-0.3, -0.25) is 0 Å². The first-order valence-electron chi connectivity index (χ1n) is 3.60. The number of halogens is 3. The van der Waals surface area contributed by atoms with Crippen LogP contribution in [0, 0.1) is 0 Å². The molecule has 0 unspecified atom stereocenters. The molecule has 0 bridgehead atoms. The van der Waals surface area contributed by atoms with E-state index in [1.165, 1.54) is 13.8 Å². The molecule has 1 radical (unpaired) electrons. The Morgan fingerprint density at radius 3 is 1.55 bits per heavy atom. The minimum atomic E-state index is -4.33. The summed E-state index contributed by atoms with van der Waals surface area (Å²) in [7, 11) is 0. The fraction of sp³-hybridized carbons (Fsp3) is 1.00. The van der Waals surface area contributed by atoms with Gasteiger partial charge in [0.1, 0.15) is 5.60 Å². The van der Waals surface area contributed by atoms with Crippen molar-refractivity contribution in [2.75, 3.05) is 0 Å². The van der Waals surface area contributed by atoms with Crippen LogP contribution in [0.2, 0.25) is 0 Å². The molecule has 0 aliphatic rings. The van der Waals surface area contributed by atoms with Crippen molar-refractivity contribution in [1.29, 1.82) is 0 Å². The molecule has 0 heterocycles. The van der Waals surface area contributed by atoms with E-state index in [-0.39, 0.29) is 12.8 Å². The van der Waals surface area contributed by atoms with Gasteiger partial charge in [-0.25, -0.2) is 5.11 Å². The summed E-state index contributed by atoms with van der Waals surface area (Å²) in [6.07, 6.45) is -5.48. The fourth-order valence-electron chi connectivity index (χ4n) is 0.865. The van der Waals surface area contributed by atoms with Crippen LogP contribution >= 0.6 is 0 Å². The van der Waals surface area contributed by atoms with Gasteiger partial charge in [0.15, 0.2) is 0 Å². The Labute approximate surface area is 64.2 Å². The molecule has 0 aliphatic carbocycles. The molecule has 67 valence electrons. The highest BCUT2D eigenvalue weighted by molar-refractivity contribution is 4.77. The van der Waals surface area contributed by atoms with Crippen LogP contribution in [0.4, 0.5) is 13.2 Å². The monoisotopic (exact) mass is 169 g/mol. The SMILES string of the molecule is CCC([O])(CC)CC(F)(F)F. The molecular formula is C7H12F3O. The van der Waals surface area contributed by atoms with Crippen molar-refractivity contribution in [3.05, 3.63) is 0 Å². The van der Waals surface area contributed by atoms with E-state index in [1.54, 1.807) is 0 Å². The van der Waals surface area contributed by atoms with Crippen molar-refractivity contribution >= 4 is 0 Å². The first-order chi connectivity index (χ1) is 4.83. The Morgan fingerprint density at radius 2 is 1.45 bits per heavy atom. The van der Waals surface area contributed by atoms with Crippen molar-refractivity contribution in [1.82, 2.24) is 0 Å². The third kappa shape index (κ3) is 4.24. The van der Waals surface area contributed by atoms with Gasteiger partial charge in [-0.15, -0.1) is 0 Å². The van der Waals surface area contributed by atoms with E-state index in [4.69, 9.17) is 0 Å². The number of alkyl halides is 3. The zero-order valence-corrected chi connectivity index (χ0v) is 6.66. The van der Waals surface area contributed by atoms with E-state index in [0.29, 0.717) is 0 Å². The van der Waals surface area contributed by atoms with Crippen molar-refractivity contribution in [2.24, 2.45) is 0 Å². The van der Waals surface area contributed by atoms with Gasteiger partial charge in [0, 0.05) is 0 Å². The summed E-state index contributed by atoms with van der Waals surface area (Å²) in [4.78, 5) is 0. The lowest BCUT2D eigenvalue weighted by atomic mass is 9.93. The molecule has 0 atom stereocenters. The van der Waals surface area contributed by atoms with Crippen molar-refractivity contribution < 1.29 is 18.3 Å². The molecule has 4 heteroatoms. The highest BCUT2D eigenvalue weighted by Crippen LogP contribution is 2.31. The lowest BCUT2D eigenvalue weighted by Gasteiger charge is -2.23. The molecule has 0 rings (SSSR count). The largest absolute Gasteiger partial charge is 0.391 e. The van der Waals surface area contributed by atoms with Crippen LogP contribution < -0.4 is 0 Å². The summed E-state index contributed by atoms with van der Waals surface area (Å²) < 4.78 is 35.2. The molecular weight excluding hydrogens is 157 g/mol. The lowest BCUT2D eigenvalue weighted by Crippen LogP contribution is -2.31. The molecule has 0 N–H and O–H groups in total. The molecule has 1 nitrogen and oxygen atoms in total. The van der Waals surface area contributed by atoms with Crippen LogP contribution in [0.3, 0.4) is 0 Å². The Kier molecular flexibility index (Phi) is 3.35. The Balaban J connectivity index is 4.08. The maximum Gasteiger partial charge on any atom is 0.391 e. The molecule has 0 aromatic rings. The zero-order valence-electron chi connectivity index (χ0n) is 6.66. The highest BCUT2D eigenvalue weighted by Gasteiger charge is 2.40. The van der Waals surface area contributed by atoms with Crippen molar-refractivity contribution in [3.8, 4) is 0 Å². The third-order valence-electron chi connectivity index (χ3n) is 1.81. The summed E-state index contributed by atoms with van der Waals surface area (Å²) in [6, 6.07) is 0. The first-order valence-corrected chi connectivity index (χ1v) is 3.60. The Morgan fingerprint density at radius 1 is 1.09 bits per heavy atom. The Hall–Kier alpha value is -0.250. The smallest absolute Gasteiger partial charge is 0.229 e. The van der Waals surface area contributed by atoms with Gasteiger partial charge >= 0.3 is 6.18 Å². The van der Waals surface area contributed by atoms with Crippen LogP contribution in [0.1, 0.15) is 33.1 Å². The predicted octanol–water partition coefficient (Wildman–Crippen LogP) is 2.93. The van der Waals surface area contributed by atoms with Crippen molar-refractivity contribution in [3.63, 3.8) is 0 Å². The normalized spacial score (nSPS) is 13.6. The standard InChI is InChI=1S/C7H12F3O/c1-3-6(11,4-2)5-7(8,9)10/h3-5H2,1-2H3. The lowest BCUT2D eigenvalue weighted by molar-refractivity contribution is -0.191. The van der Waals surface area contributed by atoms with Crippen LogP contribution in [0.5, 0.6) is 0 Å². The third-order valence-corrected chi connectivity index (χ3v) is 1.81. The summed E-state index contributed by atoms with van der Waals surface area (Å²) in [5.41, 5.74) is -1.81. The van der Waals surface area contributed by atoms with E-state index in [9.17, 15) is 18.3 Å². The van der Waals surface area contributed by atoms with Crippen LogP contribution in [0.15, 0.2) is 0 Å². The van der Waals surface area contributed by atoms with Crippen LogP contribution in [-0.2, 0) is 5.11 Å². The molecule has 0 aromatic carbocycles. The maximum absolute atomic E-state index is 11.7. The summed E-state index contributed by atoms with van der Waals surface area (Å²) in [6.45, 7) is 2.98. The zero-order chi connectivity index (χ0) is 9.12. The second-order valence-corrected chi connectivity index (χ2v) is 2.68. The molecule has 11 heavy (non-hydrogen) atoms. The average Bonchev–Trinajstić information content (AvgIpc) is 1.84. The number of hydrogen-bond donors (Lipinski definition) is 0. The molecule has 0 amide bonds. The molecule has 0 aromatic heterocycles. The number of rotatable bonds is 3. The van der Waals surface area contributed by atoms with E-state index in [1.807, 2.05) is 0 Å². The van der Waals surface area contributed by atoms with E-state index in [2.05, 4.69) is 0 Å². The second-order valence-electron chi connectivity index (χ2n) is 2.68. The molecule has 0 saturated carbocycles.